The van der Waals surface area contributed by atoms with E-state index in [9.17, 15) is 0 Å². The highest BCUT2D eigenvalue weighted by Gasteiger charge is 2.43. The van der Waals surface area contributed by atoms with Crippen LogP contribution in [0.5, 0.6) is 0 Å². The first-order chi connectivity index (χ1) is 31.4. The molecule has 8 aromatic carbocycles. The first kappa shape index (κ1) is 37.9. The number of nitrogens with zero attached hydrogens (tertiary/aromatic N) is 5. The van der Waals surface area contributed by atoms with Crippen LogP contribution in [0.4, 0.5) is 17.1 Å². The Hall–Kier alpha value is -7.80. The van der Waals surface area contributed by atoms with Crippen molar-refractivity contribution in [3.05, 3.63) is 230 Å². The molecule has 0 amide bonds. The van der Waals surface area contributed by atoms with Crippen LogP contribution in [0.25, 0.3) is 50.0 Å². The van der Waals surface area contributed by atoms with E-state index < -0.39 is 8.07 Å². The van der Waals surface area contributed by atoms with E-state index in [2.05, 4.69) is 253 Å². The minimum atomic E-state index is -3.01. The van der Waals surface area contributed by atoms with Crippen LogP contribution >= 0.6 is 0 Å². The van der Waals surface area contributed by atoms with Crippen LogP contribution in [0.1, 0.15) is 25.0 Å². The molecule has 0 bridgehead atoms. The summed E-state index contributed by atoms with van der Waals surface area (Å²) in [6.07, 6.45) is 2.11. The van der Waals surface area contributed by atoms with Crippen molar-refractivity contribution in [1.29, 1.82) is 0 Å². The minimum absolute atomic E-state index is 0.318. The van der Waals surface area contributed by atoms with Crippen LogP contribution in [-0.4, -0.2) is 27.2 Å². The minimum Gasteiger partial charge on any atom is -0.327 e. The van der Waals surface area contributed by atoms with Crippen LogP contribution in [0, 0.1) is 0 Å². The third-order valence-electron chi connectivity index (χ3n) is 13.7. The number of benzene rings is 8. The molecule has 0 N–H and O–H groups in total. The van der Waals surface area contributed by atoms with E-state index in [4.69, 9.17) is 9.97 Å². The van der Waals surface area contributed by atoms with E-state index in [0.29, 0.717) is 0 Å². The number of pyridine rings is 1. The molecule has 0 saturated heterocycles. The number of aryl methyl sites for hydroxylation is 1. The van der Waals surface area contributed by atoms with Gasteiger partial charge in [-0.05, 0) is 80.4 Å². The Labute approximate surface area is 374 Å². The number of para-hydroxylation sites is 5. The lowest BCUT2D eigenvalue weighted by Gasteiger charge is -2.42. The second-order valence-corrected chi connectivity index (χ2v) is 21.3. The molecule has 0 radical (unpaired) electrons. The average Bonchev–Trinajstić information content (AvgIpc) is 3.87. The Bertz CT molecular complexity index is 3510. The smallest absolute Gasteiger partial charge is 0.179 e. The summed E-state index contributed by atoms with van der Waals surface area (Å²) in [4.78, 5) is 13.1. The number of imidazole rings is 1. The second kappa shape index (κ2) is 14.7. The van der Waals surface area contributed by atoms with Crippen molar-refractivity contribution in [2.45, 2.75) is 19.3 Å². The topological polar surface area (TPSA) is 38.9 Å². The number of fused-ring (bicyclic) bond motifs is 7. The molecule has 12 rings (SSSR count). The second-order valence-electron chi connectivity index (χ2n) is 17.5. The number of anilines is 3. The Kier molecular flexibility index (Phi) is 8.68. The summed E-state index contributed by atoms with van der Waals surface area (Å²) in [5.74, 6) is 0.955. The summed E-state index contributed by atoms with van der Waals surface area (Å²) < 4.78 is 4.62. The summed E-state index contributed by atoms with van der Waals surface area (Å²) in [5.41, 5.74) is 12.0. The SMILES string of the molecule is Cn1c(-c2cccc([Si](c3ccccc3)(c3ccccc3)c3cccc(-n4c5ccccc5c5c6c(cnc54)N(c4ccccc4)c4ccccc4C6(C)C)c3)c2)nc2ccccc21. The van der Waals surface area contributed by atoms with Gasteiger partial charge >= 0.3 is 0 Å². The molecule has 0 fully saturated rings. The van der Waals surface area contributed by atoms with E-state index in [-0.39, 0.29) is 5.41 Å². The third-order valence-corrected chi connectivity index (χ3v) is 18.4. The maximum absolute atomic E-state index is 5.48. The van der Waals surface area contributed by atoms with Gasteiger partial charge in [0.05, 0.1) is 34.1 Å². The molecule has 11 aromatic rings. The van der Waals surface area contributed by atoms with E-state index in [0.717, 1.165) is 50.6 Å². The van der Waals surface area contributed by atoms with Crippen LogP contribution in [0.3, 0.4) is 0 Å². The van der Waals surface area contributed by atoms with Crippen LogP contribution in [-0.2, 0) is 12.5 Å². The summed E-state index contributed by atoms with van der Waals surface area (Å²) >= 11 is 0. The quantitative estimate of drug-likeness (QED) is 0.119. The molecular formula is C58H45N5Si. The maximum Gasteiger partial charge on any atom is 0.179 e. The first-order valence-electron chi connectivity index (χ1n) is 22.1. The van der Waals surface area contributed by atoms with Gasteiger partial charge in [0.2, 0.25) is 0 Å². The van der Waals surface area contributed by atoms with Gasteiger partial charge in [-0.15, -0.1) is 0 Å². The molecule has 0 unspecified atom stereocenters. The Morgan fingerprint density at radius 3 is 1.81 bits per heavy atom. The molecule has 1 aliphatic heterocycles. The van der Waals surface area contributed by atoms with Crippen LogP contribution < -0.4 is 25.6 Å². The lowest BCUT2D eigenvalue weighted by Crippen LogP contribution is -2.74. The van der Waals surface area contributed by atoms with Gasteiger partial charge < -0.3 is 9.47 Å². The zero-order valence-corrected chi connectivity index (χ0v) is 37.0. The summed E-state index contributed by atoms with van der Waals surface area (Å²) in [5, 5.41) is 7.59. The highest BCUT2D eigenvalue weighted by atomic mass is 28.3. The number of hydrogen-bond donors (Lipinski definition) is 0. The number of rotatable bonds is 7. The van der Waals surface area contributed by atoms with Crippen molar-refractivity contribution in [2.24, 2.45) is 7.05 Å². The van der Waals surface area contributed by atoms with E-state index >= 15 is 0 Å². The molecule has 0 saturated carbocycles. The lowest BCUT2D eigenvalue weighted by atomic mass is 9.72. The average molecular weight is 840 g/mol. The van der Waals surface area contributed by atoms with Crippen molar-refractivity contribution in [1.82, 2.24) is 19.1 Å². The molecule has 0 aliphatic carbocycles. The maximum atomic E-state index is 5.48. The van der Waals surface area contributed by atoms with E-state index in [1.807, 2.05) is 0 Å². The molecule has 0 spiro atoms. The van der Waals surface area contributed by atoms with Gasteiger partial charge in [0.25, 0.3) is 0 Å². The molecule has 0 atom stereocenters. The molecular weight excluding hydrogens is 795 g/mol. The van der Waals surface area contributed by atoms with Gasteiger partial charge in [0.1, 0.15) is 11.5 Å². The first-order valence-corrected chi connectivity index (χ1v) is 24.1. The Balaban J connectivity index is 1.13. The molecule has 3 aromatic heterocycles. The molecule has 4 heterocycles. The normalized spacial score (nSPS) is 13.3. The van der Waals surface area contributed by atoms with E-state index in [1.54, 1.807) is 0 Å². The van der Waals surface area contributed by atoms with Gasteiger partial charge in [0, 0.05) is 40.2 Å². The highest BCUT2D eigenvalue weighted by molar-refractivity contribution is 7.20. The van der Waals surface area contributed by atoms with Gasteiger partial charge in [-0.2, -0.15) is 0 Å². The van der Waals surface area contributed by atoms with Crippen molar-refractivity contribution in [2.75, 3.05) is 4.90 Å². The lowest BCUT2D eigenvalue weighted by molar-refractivity contribution is 0.637. The molecule has 64 heavy (non-hydrogen) atoms. The van der Waals surface area contributed by atoms with E-state index in [1.165, 1.54) is 48.3 Å². The summed E-state index contributed by atoms with van der Waals surface area (Å²) in [6, 6.07) is 77.7. The fourth-order valence-electron chi connectivity index (χ4n) is 10.8. The van der Waals surface area contributed by atoms with Crippen LogP contribution in [0.2, 0.25) is 0 Å². The fraction of sp³-hybridized carbons (Fsp3) is 0.0690. The molecule has 306 valence electrons. The van der Waals surface area contributed by atoms with Gasteiger partial charge in [-0.1, -0.05) is 178 Å². The molecule has 1 aliphatic rings. The van der Waals surface area contributed by atoms with Crippen LogP contribution in [0.15, 0.2) is 219 Å². The largest absolute Gasteiger partial charge is 0.327 e. The molecule has 6 heteroatoms. The van der Waals surface area contributed by atoms with Crippen molar-refractivity contribution in [3.63, 3.8) is 0 Å². The van der Waals surface area contributed by atoms with Gasteiger partial charge in [0.15, 0.2) is 8.07 Å². The Morgan fingerprint density at radius 1 is 0.500 bits per heavy atom. The van der Waals surface area contributed by atoms with Crippen molar-refractivity contribution in [3.8, 4) is 17.1 Å². The van der Waals surface area contributed by atoms with Crippen molar-refractivity contribution < 1.29 is 0 Å². The number of hydrogen-bond acceptors (Lipinski definition) is 3. The summed E-state index contributed by atoms with van der Waals surface area (Å²) in [6.45, 7) is 4.75. The highest BCUT2D eigenvalue weighted by Crippen LogP contribution is 2.54. The van der Waals surface area contributed by atoms with Crippen molar-refractivity contribution >= 4 is 78.9 Å². The van der Waals surface area contributed by atoms with Gasteiger partial charge in [-0.3, -0.25) is 4.57 Å². The standard InChI is InChI=1S/C58H45N5Si/c1-58(2)48-32-14-17-35-51(48)62(41-22-7-4-8-23-41)53-39-59-57-54(55(53)58)47-31-13-16-34-50(47)63(57)42-24-20-30-46(38-42)64(43-25-9-5-10-26-43,44-27-11-6-12-28-44)45-29-19-21-40(37-45)56-60-49-33-15-18-36-52(49)61(56)3/h4-39H,1-3H3. The summed E-state index contributed by atoms with van der Waals surface area (Å²) in [7, 11) is -0.889. The predicted molar refractivity (Wildman–Crippen MR) is 269 cm³/mol. The zero-order valence-electron chi connectivity index (χ0n) is 36.0. The number of aromatic nitrogens is 4. The fourth-order valence-corrected chi connectivity index (χ4v) is 15.7. The Morgan fingerprint density at radius 2 is 1.08 bits per heavy atom. The monoisotopic (exact) mass is 839 g/mol. The molecule has 5 nitrogen and oxygen atoms in total. The third kappa shape index (κ3) is 5.55. The predicted octanol–water partition coefficient (Wildman–Crippen LogP) is 11.2. The zero-order chi connectivity index (χ0) is 43.0. The van der Waals surface area contributed by atoms with Gasteiger partial charge in [-0.25, -0.2) is 9.97 Å².